The van der Waals surface area contributed by atoms with Crippen molar-refractivity contribution in [1.29, 1.82) is 0 Å². The minimum atomic E-state index is -2.73. The van der Waals surface area contributed by atoms with Crippen LogP contribution in [-0.2, 0) is 0 Å². The molecule has 1 fully saturated rings. The Labute approximate surface area is 228 Å². The molecule has 1 aromatic carbocycles. The summed E-state index contributed by atoms with van der Waals surface area (Å²) in [5.74, 6) is -1.45. The molecule has 0 aliphatic heterocycles. The summed E-state index contributed by atoms with van der Waals surface area (Å²) in [6.07, 6.45) is 8.79. The molecule has 3 unspecified atom stereocenters. The fourth-order valence-corrected chi connectivity index (χ4v) is 5.07. The molecule has 1 saturated carbocycles. The van der Waals surface area contributed by atoms with Crippen molar-refractivity contribution in [2.75, 3.05) is 7.05 Å². The second-order valence-corrected chi connectivity index (χ2v) is 9.61. The second kappa shape index (κ2) is 11.4. The Morgan fingerprint density at radius 2 is 1.97 bits per heavy atom. The van der Waals surface area contributed by atoms with E-state index in [9.17, 15) is 18.4 Å². The molecular formula is C28H27ClF3N5O2. The predicted octanol–water partition coefficient (Wildman–Crippen LogP) is 5.91. The van der Waals surface area contributed by atoms with Crippen LogP contribution in [0.15, 0.2) is 64.8 Å². The van der Waals surface area contributed by atoms with E-state index in [1.54, 1.807) is 32.1 Å². The van der Waals surface area contributed by atoms with Crippen LogP contribution in [0.4, 0.5) is 13.2 Å². The first kappa shape index (κ1) is 28.1. The highest BCUT2D eigenvalue weighted by molar-refractivity contribution is 6.31. The zero-order valence-corrected chi connectivity index (χ0v) is 22.5. The van der Waals surface area contributed by atoms with E-state index in [1.165, 1.54) is 54.6 Å². The molecule has 1 N–H and O–H groups in total. The lowest BCUT2D eigenvalue weighted by molar-refractivity contribution is 0.0565. The smallest absolute Gasteiger partial charge is 0.333 e. The largest absolute Gasteiger partial charge is 0.355 e. The van der Waals surface area contributed by atoms with Crippen LogP contribution in [0.2, 0.25) is 5.02 Å². The molecule has 3 atom stereocenters. The maximum Gasteiger partial charge on any atom is 0.333 e. The molecule has 0 radical (unpaired) electrons. The average molecular weight is 558 g/mol. The number of pyridine rings is 1. The quantitative estimate of drug-likeness (QED) is 0.350. The number of aliphatic imine (C=N–C) groups is 1. The SMILES string of the molecule is C/C=C/N=C(/C=C/n1c(C)cc(C2C(C)C2c2cnn(C(F)F)c2)c(Cl)c1=O)c1cccc(C(=O)NC)c1F. The van der Waals surface area contributed by atoms with Gasteiger partial charge in [-0.1, -0.05) is 30.7 Å². The molecule has 3 aromatic rings. The number of nitrogens with one attached hydrogen (secondary N) is 1. The number of carbonyl (C=O) groups is 1. The highest BCUT2D eigenvalue weighted by atomic mass is 35.5. The fourth-order valence-electron chi connectivity index (χ4n) is 4.80. The summed E-state index contributed by atoms with van der Waals surface area (Å²) >= 11 is 6.54. The molecule has 1 aliphatic rings. The lowest BCUT2D eigenvalue weighted by atomic mass is 10.0. The minimum absolute atomic E-state index is 0.0191. The molecule has 1 aliphatic carbocycles. The lowest BCUT2D eigenvalue weighted by Crippen LogP contribution is -2.21. The summed E-state index contributed by atoms with van der Waals surface area (Å²) in [5.41, 5.74) is 1.53. The summed E-state index contributed by atoms with van der Waals surface area (Å²) < 4.78 is 43.1. The van der Waals surface area contributed by atoms with Crippen molar-refractivity contribution in [3.05, 3.63) is 104 Å². The van der Waals surface area contributed by atoms with E-state index in [1.807, 2.05) is 6.92 Å². The Balaban J connectivity index is 1.68. The summed E-state index contributed by atoms with van der Waals surface area (Å²) in [5, 5.41) is 6.14. The van der Waals surface area contributed by atoms with Crippen LogP contribution in [0.3, 0.4) is 0 Å². The van der Waals surface area contributed by atoms with Crippen LogP contribution in [0.5, 0.6) is 0 Å². The van der Waals surface area contributed by atoms with Gasteiger partial charge in [-0.25, -0.2) is 9.07 Å². The van der Waals surface area contributed by atoms with E-state index in [-0.39, 0.29) is 39.6 Å². The molecule has 2 aromatic heterocycles. The summed E-state index contributed by atoms with van der Waals surface area (Å²) in [6.45, 7) is 2.73. The predicted molar refractivity (Wildman–Crippen MR) is 145 cm³/mol. The van der Waals surface area contributed by atoms with Gasteiger partial charge < -0.3 is 5.32 Å². The third-order valence-corrected chi connectivity index (χ3v) is 7.22. The number of benzene rings is 1. The first-order valence-corrected chi connectivity index (χ1v) is 12.6. The zero-order valence-electron chi connectivity index (χ0n) is 21.7. The Hall–Kier alpha value is -3.92. The molecule has 39 heavy (non-hydrogen) atoms. The van der Waals surface area contributed by atoms with E-state index < -0.39 is 23.8 Å². The molecule has 2 heterocycles. The van der Waals surface area contributed by atoms with Crippen LogP contribution < -0.4 is 10.9 Å². The normalized spacial score (nSPS) is 19.4. The number of aryl methyl sites for hydroxylation is 1. The fraction of sp³-hybridized carbons (Fsp3) is 0.286. The van der Waals surface area contributed by atoms with Gasteiger partial charge in [0.2, 0.25) is 0 Å². The maximum absolute atomic E-state index is 15.2. The molecule has 7 nitrogen and oxygen atoms in total. The van der Waals surface area contributed by atoms with E-state index >= 15 is 4.39 Å². The van der Waals surface area contributed by atoms with Gasteiger partial charge >= 0.3 is 6.55 Å². The topological polar surface area (TPSA) is 81.3 Å². The van der Waals surface area contributed by atoms with Crippen LogP contribution in [-0.4, -0.2) is 33.0 Å². The van der Waals surface area contributed by atoms with Crippen molar-refractivity contribution in [2.45, 2.75) is 39.2 Å². The molecule has 0 spiro atoms. The summed E-state index contributed by atoms with van der Waals surface area (Å²) in [4.78, 5) is 29.6. The number of allylic oxidation sites excluding steroid dienone is 2. The first-order valence-electron chi connectivity index (χ1n) is 12.2. The Kier molecular flexibility index (Phi) is 8.25. The van der Waals surface area contributed by atoms with E-state index in [2.05, 4.69) is 15.4 Å². The van der Waals surface area contributed by atoms with Crippen molar-refractivity contribution < 1.29 is 18.0 Å². The standard InChI is InChI=1S/C28H27ClF3N5O2/c1-5-10-34-21(18-7-6-8-19(25(18)30)26(38)33-4)9-11-36-15(2)12-20(24(29)27(36)39)23-16(3)22(23)17-13-35-37(14-17)28(31)32/h5-14,16,22-23,28H,1-4H3,(H,33,38)/b10-5+,11-9+,34-21-. The number of alkyl halides is 2. The molecule has 204 valence electrons. The Morgan fingerprint density at radius 3 is 2.62 bits per heavy atom. The summed E-state index contributed by atoms with van der Waals surface area (Å²) in [7, 11) is 1.41. The van der Waals surface area contributed by atoms with Crippen molar-refractivity contribution in [3.8, 4) is 0 Å². The third-order valence-electron chi connectivity index (χ3n) is 6.84. The number of nitrogens with zero attached hydrogens (tertiary/aromatic N) is 4. The molecule has 0 saturated heterocycles. The number of halogens is 4. The average Bonchev–Trinajstić information content (AvgIpc) is 3.32. The molecule has 1 amide bonds. The number of aromatic nitrogens is 3. The number of hydrogen-bond acceptors (Lipinski definition) is 4. The van der Waals surface area contributed by atoms with Gasteiger partial charge in [0.25, 0.3) is 11.5 Å². The summed E-state index contributed by atoms with van der Waals surface area (Å²) in [6, 6.07) is 6.20. The number of hydrogen-bond donors (Lipinski definition) is 1. The molecule has 0 bridgehead atoms. The lowest BCUT2D eigenvalue weighted by Gasteiger charge is -2.11. The van der Waals surface area contributed by atoms with Crippen molar-refractivity contribution in [2.24, 2.45) is 10.9 Å². The van der Waals surface area contributed by atoms with E-state index in [0.717, 1.165) is 0 Å². The second-order valence-electron chi connectivity index (χ2n) is 9.23. The Bertz CT molecular complexity index is 1560. The van der Waals surface area contributed by atoms with Gasteiger partial charge in [-0.05, 0) is 67.0 Å². The number of amides is 1. The van der Waals surface area contributed by atoms with Crippen LogP contribution in [0, 0.1) is 18.7 Å². The highest BCUT2D eigenvalue weighted by Crippen LogP contribution is 2.61. The highest BCUT2D eigenvalue weighted by Gasteiger charge is 2.50. The van der Waals surface area contributed by atoms with E-state index in [0.29, 0.717) is 21.5 Å². The van der Waals surface area contributed by atoms with Gasteiger partial charge in [-0.3, -0.25) is 19.1 Å². The van der Waals surface area contributed by atoms with Crippen molar-refractivity contribution >= 4 is 29.4 Å². The zero-order chi connectivity index (χ0) is 28.4. The third kappa shape index (κ3) is 5.47. The minimum Gasteiger partial charge on any atom is -0.355 e. The van der Waals surface area contributed by atoms with Gasteiger partial charge in [-0.2, -0.15) is 13.9 Å². The monoisotopic (exact) mass is 557 g/mol. The van der Waals surface area contributed by atoms with Crippen molar-refractivity contribution in [1.82, 2.24) is 19.7 Å². The van der Waals surface area contributed by atoms with Gasteiger partial charge in [0.05, 0.1) is 17.5 Å². The number of carbonyl (C=O) groups excluding carboxylic acids is 1. The van der Waals surface area contributed by atoms with Gasteiger partial charge in [0.15, 0.2) is 0 Å². The molecular weight excluding hydrogens is 531 g/mol. The van der Waals surface area contributed by atoms with Crippen LogP contribution in [0.1, 0.15) is 65.0 Å². The van der Waals surface area contributed by atoms with Crippen LogP contribution in [0.25, 0.3) is 6.20 Å². The molecule has 11 heteroatoms. The first-order chi connectivity index (χ1) is 18.6. The van der Waals surface area contributed by atoms with Crippen molar-refractivity contribution in [3.63, 3.8) is 0 Å². The molecule has 4 rings (SSSR count). The Morgan fingerprint density at radius 1 is 1.26 bits per heavy atom. The van der Waals surface area contributed by atoms with E-state index in [4.69, 9.17) is 11.6 Å². The van der Waals surface area contributed by atoms with Gasteiger partial charge in [0.1, 0.15) is 10.8 Å². The maximum atomic E-state index is 15.2. The van der Waals surface area contributed by atoms with Gasteiger partial charge in [0, 0.05) is 36.9 Å². The van der Waals surface area contributed by atoms with Crippen LogP contribution >= 0.6 is 11.6 Å². The van der Waals surface area contributed by atoms with Gasteiger partial charge in [-0.15, -0.1) is 0 Å². The number of rotatable bonds is 8.